The summed E-state index contributed by atoms with van der Waals surface area (Å²) in [5.41, 5.74) is 1.22. The number of hydrogen-bond donors (Lipinski definition) is 0. The lowest BCUT2D eigenvalue weighted by Gasteiger charge is -2.26. The van der Waals surface area contributed by atoms with Crippen LogP contribution < -0.4 is 0 Å². The molecule has 0 spiro atoms. The average molecular weight is 235 g/mol. The number of likely N-dealkylation sites (tertiary alicyclic amines) is 1. The van der Waals surface area contributed by atoms with Gasteiger partial charge in [-0.2, -0.15) is 0 Å². The normalized spacial score (nSPS) is 16.1. The smallest absolute Gasteiger partial charge is 0.281 e. The lowest BCUT2D eigenvalue weighted by Crippen LogP contribution is -2.32. The molecule has 0 unspecified atom stereocenters. The maximum atomic E-state index is 11.9. The standard InChI is InChI=1S/C13H17NOS/c15-13(14-9-5-2-6-10-14)16-11-12-7-3-1-4-8-12/h1,3-4,7-8H,2,5-6,9-11H2. The number of thioether (sulfide) groups is 1. The molecule has 2 nitrogen and oxygen atoms in total. The molecule has 0 bridgehead atoms. The summed E-state index contributed by atoms with van der Waals surface area (Å²) in [6.07, 6.45) is 3.60. The molecule has 1 aromatic rings. The maximum absolute atomic E-state index is 11.9. The first-order valence-corrected chi connectivity index (χ1v) is 6.80. The van der Waals surface area contributed by atoms with Crippen molar-refractivity contribution in [3.8, 4) is 0 Å². The molecule has 0 atom stereocenters. The highest BCUT2D eigenvalue weighted by Crippen LogP contribution is 2.19. The second kappa shape index (κ2) is 5.94. The minimum absolute atomic E-state index is 0.239. The van der Waals surface area contributed by atoms with Crippen LogP contribution in [-0.2, 0) is 5.75 Å². The number of amides is 1. The fourth-order valence-corrected chi connectivity index (χ4v) is 2.73. The van der Waals surface area contributed by atoms with Crippen LogP contribution in [0.15, 0.2) is 30.3 Å². The van der Waals surface area contributed by atoms with E-state index >= 15 is 0 Å². The third-order valence-electron chi connectivity index (χ3n) is 2.82. The van der Waals surface area contributed by atoms with Gasteiger partial charge in [0, 0.05) is 18.8 Å². The van der Waals surface area contributed by atoms with E-state index in [9.17, 15) is 4.79 Å². The summed E-state index contributed by atoms with van der Waals surface area (Å²) in [6, 6.07) is 10.2. The molecule has 0 N–H and O–H groups in total. The second-order valence-electron chi connectivity index (χ2n) is 4.09. The van der Waals surface area contributed by atoms with Crippen LogP contribution in [0, 0.1) is 0 Å². The van der Waals surface area contributed by atoms with Crippen molar-refractivity contribution in [3.05, 3.63) is 35.9 Å². The van der Waals surface area contributed by atoms with Gasteiger partial charge in [-0.1, -0.05) is 42.1 Å². The molecule has 1 amide bonds. The van der Waals surface area contributed by atoms with Crippen LogP contribution in [0.1, 0.15) is 24.8 Å². The van der Waals surface area contributed by atoms with Crippen LogP contribution in [0.4, 0.5) is 4.79 Å². The zero-order valence-corrected chi connectivity index (χ0v) is 10.2. The summed E-state index contributed by atoms with van der Waals surface area (Å²) in [4.78, 5) is 13.8. The predicted octanol–water partition coefficient (Wildman–Crippen LogP) is 3.53. The van der Waals surface area contributed by atoms with Gasteiger partial charge >= 0.3 is 0 Å². The number of carbonyl (C=O) groups excluding carboxylic acids is 1. The van der Waals surface area contributed by atoms with Crippen LogP contribution in [0.5, 0.6) is 0 Å². The van der Waals surface area contributed by atoms with Crippen LogP contribution in [-0.4, -0.2) is 23.2 Å². The first kappa shape index (κ1) is 11.5. The molecule has 1 aliphatic heterocycles. The van der Waals surface area contributed by atoms with Gasteiger partial charge in [-0.15, -0.1) is 0 Å². The first-order chi connectivity index (χ1) is 7.86. The van der Waals surface area contributed by atoms with E-state index in [0.717, 1.165) is 31.7 Å². The van der Waals surface area contributed by atoms with Crippen molar-refractivity contribution in [1.82, 2.24) is 4.90 Å². The first-order valence-electron chi connectivity index (χ1n) is 5.82. The molecule has 2 rings (SSSR count). The Kier molecular flexibility index (Phi) is 4.28. The zero-order chi connectivity index (χ0) is 11.2. The van der Waals surface area contributed by atoms with Crippen molar-refractivity contribution >= 4 is 17.0 Å². The SMILES string of the molecule is O=C(SCc1ccccc1)N1CCCCC1. The van der Waals surface area contributed by atoms with Crippen molar-refractivity contribution in [1.29, 1.82) is 0 Å². The Morgan fingerprint density at radius 1 is 1.12 bits per heavy atom. The Bertz CT molecular complexity index is 333. The molecule has 1 aliphatic rings. The number of benzene rings is 1. The number of nitrogens with zero attached hydrogens (tertiary/aromatic N) is 1. The Balaban J connectivity index is 1.79. The molecular formula is C13H17NOS. The molecule has 1 saturated heterocycles. The predicted molar refractivity (Wildman–Crippen MR) is 68.6 cm³/mol. The average Bonchev–Trinajstić information content (AvgIpc) is 2.38. The van der Waals surface area contributed by atoms with Gasteiger partial charge in [0.25, 0.3) is 5.24 Å². The Morgan fingerprint density at radius 2 is 1.81 bits per heavy atom. The lowest BCUT2D eigenvalue weighted by atomic mass is 10.1. The van der Waals surface area contributed by atoms with Gasteiger partial charge in [0.1, 0.15) is 0 Å². The summed E-state index contributed by atoms with van der Waals surface area (Å²) in [7, 11) is 0. The van der Waals surface area contributed by atoms with Crippen molar-refractivity contribution in [2.75, 3.05) is 13.1 Å². The highest BCUT2D eigenvalue weighted by atomic mass is 32.2. The van der Waals surface area contributed by atoms with Crippen molar-refractivity contribution in [2.45, 2.75) is 25.0 Å². The quantitative estimate of drug-likeness (QED) is 0.781. The fraction of sp³-hybridized carbons (Fsp3) is 0.462. The van der Waals surface area contributed by atoms with E-state index < -0.39 is 0 Å². The Labute approximate surface area is 101 Å². The van der Waals surface area contributed by atoms with Crippen LogP contribution >= 0.6 is 11.8 Å². The van der Waals surface area contributed by atoms with Gasteiger partial charge in [-0.05, 0) is 24.8 Å². The van der Waals surface area contributed by atoms with Gasteiger partial charge in [0.05, 0.1) is 0 Å². The van der Waals surface area contributed by atoms with E-state index in [1.165, 1.54) is 23.7 Å². The summed E-state index contributed by atoms with van der Waals surface area (Å²) in [5.74, 6) is 0.788. The van der Waals surface area contributed by atoms with E-state index in [4.69, 9.17) is 0 Å². The van der Waals surface area contributed by atoms with E-state index in [1.807, 2.05) is 23.1 Å². The minimum Gasteiger partial charge on any atom is -0.334 e. The molecule has 0 aliphatic carbocycles. The molecule has 3 heteroatoms. The second-order valence-corrected chi connectivity index (χ2v) is 5.01. The molecule has 86 valence electrons. The molecule has 16 heavy (non-hydrogen) atoms. The van der Waals surface area contributed by atoms with Gasteiger partial charge < -0.3 is 4.90 Å². The van der Waals surface area contributed by atoms with Gasteiger partial charge in [0.2, 0.25) is 0 Å². The zero-order valence-electron chi connectivity index (χ0n) is 9.39. The summed E-state index contributed by atoms with van der Waals surface area (Å²) < 4.78 is 0. The molecular weight excluding hydrogens is 218 g/mol. The van der Waals surface area contributed by atoms with Crippen LogP contribution in [0.2, 0.25) is 0 Å². The number of piperidine rings is 1. The van der Waals surface area contributed by atoms with Crippen molar-refractivity contribution < 1.29 is 4.79 Å². The Hall–Kier alpha value is -0.960. The molecule has 1 aromatic carbocycles. The monoisotopic (exact) mass is 235 g/mol. The third-order valence-corrected chi connectivity index (χ3v) is 3.80. The molecule has 1 heterocycles. The topological polar surface area (TPSA) is 20.3 Å². The third kappa shape index (κ3) is 3.27. The fourth-order valence-electron chi connectivity index (χ4n) is 1.89. The maximum Gasteiger partial charge on any atom is 0.281 e. The number of carbonyl (C=O) groups is 1. The number of hydrogen-bond acceptors (Lipinski definition) is 2. The molecule has 0 saturated carbocycles. The van der Waals surface area contributed by atoms with Gasteiger partial charge in [-0.25, -0.2) is 0 Å². The lowest BCUT2D eigenvalue weighted by molar-refractivity contribution is 0.211. The van der Waals surface area contributed by atoms with Crippen molar-refractivity contribution in [3.63, 3.8) is 0 Å². The minimum atomic E-state index is 0.239. The number of rotatable bonds is 2. The van der Waals surface area contributed by atoms with E-state index in [2.05, 4.69) is 12.1 Å². The summed E-state index contributed by atoms with van der Waals surface area (Å²) >= 11 is 1.42. The summed E-state index contributed by atoms with van der Waals surface area (Å²) in [6.45, 7) is 1.89. The van der Waals surface area contributed by atoms with E-state index in [0.29, 0.717) is 0 Å². The van der Waals surface area contributed by atoms with Gasteiger partial charge in [0.15, 0.2) is 0 Å². The van der Waals surface area contributed by atoms with Crippen molar-refractivity contribution in [2.24, 2.45) is 0 Å². The molecule has 0 radical (unpaired) electrons. The van der Waals surface area contributed by atoms with E-state index in [1.54, 1.807) is 0 Å². The molecule has 0 aromatic heterocycles. The summed E-state index contributed by atoms with van der Waals surface area (Å²) in [5, 5.41) is 0.239. The highest BCUT2D eigenvalue weighted by molar-refractivity contribution is 8.12. The van der Waals surface area contributed by atoms with E-state index in [-0.39, 0.29) is 5.24 Å². The molecule has 1 fully saturated rings. The highest BCUT2D eigenvalue weighted by Gasteiger charge is 2.16. The van der Waals surface area contributed by atoms with Gasteiger partial charge in [-0.3, -0.25) is 4.79 Å². The largest absolute Gasteiger partial charge is 0.334 e. The van der Waals surface area contributed by atoms with Crippen LogP contribution in [0.25, 0.3) is 0 Å². The van der Waals surface area contributed by atoms with Crippen LogP contribution in [0.3, 0.4) is 0 Å². The Morgan fingerprint density at radius 3 is 2.50 bits per heavy atom.